The fourth-order valence-electron chi connectivity index (χ4n) is 3.05. The lowest BCUT2D eigenvalue weighted by molar-refractivity contribution is -0.107. The van der Waals surface area contributed by atoms with Gasteiger partial charge in [-0.1, -0.05) is 0 Å². The summed E-state index contributed by atoms with van der Waals surface area (Å²) in [6, 6.07) is 0.191. The smallest absolute Gasteiger partial charge is 0.316 e. The number of rotatable bonds is 4. The van der Waals surface area contributed by atoms with Gasteiger partial charge in [-0.25, -0.2) is 4.90 Å². The summed E-state index contributed by atoms with van der Waals surface area (Å²) in [5.74, 6) is 0. The van der Waals surface area contributed by atoms with E-state index in [4.69, 9.17) is 9.63 Å². The van der Waals surface area contributed by atoms with Crippen molar-refractivity contribution >= 4 is 8.25 Å². The van der Waals surface area contributed by atoms with Gasteiger partial charge in [0.25, 0.3) is 0 Å². The lowest BCUT2D eigenvalue weighted by Crippen LogP contribution is -2.61. The van der Waals surface area contributed by atoms with Crippen LogP contribution >= 0.6 is 8.25 Å². The Balaban J connectivity index is 1.64. The zero-order chi connectivity index (χ0) is 15.0. The first-order valence-electron chi connectivity index (χ1n) is 6.88. The van der Waals surface area contributed by atoms with Gasteiger partial charge >= 0.3 is 8.25 Å². The van der Waals surface area contributed by atoms with E-state index in [1.807, 2.05) is 4.90 Å². The van der Waals surface area contributed by atoms with Crippen molar-refractivity contribution in [2.45, 2.75) is 36.7 Å². The van der Waals surface area contributed by atoms with Gasteiger partial charge in [-0.2, -0.15) is 0 Å². The second-order valence-electron chi connectivity index (χ2n) is 5.39. The van der Waals surface area contributed by atoms with Gasteiger partial charge in [0, 0.05) is 19.3 Å². The lowest BCUT2D eigenvalue weighted by Gasteiger charge is -2.35. The van der Waals surface area contributed by atoms with Gasteiger partial charge in [0.1, 0.15) is 24.5 Å². The number of aliphatic hydroxyl groups excluding tert-OH is 2. The second-order valence-corrected chi connectivity index (χ2v) is 6.21. The van der Waals surface area contributed by atoms with Crippen LogP contribution in [0.15, 0.2) is 0 Å². The first-order chi connectivity index (χ1) is 10.1. The fourth-order valence-corrected chi connectivity index (χ4v) is 3.36. The van der Waals surface area contributed by atoms with Crippen molar-refractivity contribution in [3.8, 4) is 0 Å². The Bertz CT molecular complexity index is 404. The van der Waals surface area contributed by atoms with E-state index in [2.05, 4.69) is 20.5 Å². The first-order valence-corrected chi connectivity index (χ1v) is 8.15. The third-order valence-electron chi connectivity index (χ3n) is 4.11. The van der Waals surface area contributed by atoms with E-state index >= 15 is 0 Å². The molecule has 3 unspecified atom stereocenters. The van der Waals surface area contributed by atoms with Gasteiger partial charge in [-0.05, 0) is 0 Å². The SMILES string of the molecule is O=[PH](O)OC[C@H]1O[C@@H](N2CNC3CNCNC32)[C@H](O)[C@@H]1O. The highest BCUT2D eigenvalue weighted by atomic mass is 31.1. The summed E-state index contributed by atoms with van der Waals surface area (Å²) in [6.45, 7) is 1.75. The molecule has 6 N–H and O–H groups in total. The molecule has 21 heavy (non-hydrogen) atoms. The quantitative estimate of drug-likeness (QED) is 0.290. The molecule has 3 fully saturated rings. The minimum Gasteiger partial charge on any atom is -0.387 e. The van der Waals surface area contributed by atoms with E-state index in [0.29, 0.717) is 13.3 Å². The maximum absolute atomic E-state index is 10.6. The third-order valence-corrected chi connectivity index (χ3v) is 4.52. The Morgan fingerprint density at radius 1 is 1.33 bits per heavy atom. The molecule has 0 spiro atoms. The van der Waals surface area contributed by atoms with E-state index in [-0.39, 0.29) is 18.8 Å². The van der Waals surface area contributed by atoms with Gasteiger partial charge in [0.05, 0.1) is 19.4 Å². The van der Waals surface area contributed by atoms with Crippen LogP contribution in [0.2, 0.25) is 0 Å². The molecule has 3 rings (SSSR count). The molecule has 3 aliphatic heterocycles. The highest BCUT2D eigenvalue weighted by Gasteiger charge is 2.50. The molecular formula is C10H21N4O6P. The average molecular weight is 324 g/mol. The molecule has 0 bridgehead atoms. The minimum atomic E-state index is -3.09. The maximum Gasteiger partial charge on any atom is 0.316 e. The van der Waals surface area contributed by atoms with Crippen molar-refractivity contribution in [2.24, 2.45) is 0 Å². The summed E-state index contributed by atoms with van der Waals surface area (Å²) in [5.41, 5.74) is 0. The molecule has 0 saturated carbocycles. The zero-order valence-electron chi connectivity index (χ0n) is 11.3. The van der Waals surface area contributed by atoms with Crippen molar-refractivity contribution in [1.82, 2.24) is 20.9 Å². The van der Waals surface area contributed by atoms with Crippen molar-refractivity contribution in [3.63, 3.8) is 0 Å². The van der Waals surface area contributed by atoms with E-state index in [1.54, 1.807) is 0 Å². The Morgan fingerprint density at radius 3 is 2.90 bits per heavy atom. The molecular weight excluding hydrogens is 303 g/mol. The molecule has 7 atom stereocenters. The molecule has 3 aliphatic rings. The maximum atomic E-state index is 10.6. The largest absolute Gasteiger partial charge is 0.387 e. The first kappa shape index (κ1) is 15.8. The van der Waals surface area contributed by atoms with Gasteiger partial charge in [-0.15, -0.1) is 0 Å². The average Bonchev–Trinajstić information content (AvgIpc) is 3.00. The van der Waals surface area contributed by atoms with Crippen LogP contribution in [0.1, 0.15) is 0 Å². The lowest BCUT2D eigenvalue weighted by atomic mass is 10.1. The molecule has 122 valence electrons. The molecule has 0 radical (unpaired) electrons. The highest BCUT2D eigenvalue weighted by Crippen LogP contribution is 2.29. The second kappa shape index (κ2) is 6.55. The third kappa shape index (κ3) is 3.15. The number of fused-ring (bicyclic) bond motifs is 1. The van der Waals surface area contributed by atoms with Crippen LogP contribution in [0.25, 0.3) is 0 Å². The van der Waals surface area contributed by atoms with E-state index in [1.165, 1.54) is 0 Å². The molecule has 0 aromatic rings. The summed E-state index contributed by atoms with van der Waals surface area (Å²) in [4.78, 5) is 10.6. The normalized spacial score (nSPS) is 45.7. The van der Waals surface area contributed by atoms with Gasteiger partial charge in [0.2, 0.25) is 0 Å². The highest BCUT2D eigenvalue weighted by molar-refractivity contribution is 7.32. The van der Waals surface area contributed by atoms with Crippen molar-refractivity contribution in [1.29, 1.82) is 0 Å². The van der Waals surface area contributed by atoms with Crippen molar-refractivity contribution in [2.75, 3.05) is 26.5 Å². The molecule has 3 heterocycles. The topological polar surface area (TPSA) is 136 Å². The van der Waals surface area contributed by atoms with E-state index in [9.17, 15) is 14.8 Å². The van der Waals surface area contributed by atoms with Crippen molar-refractivity contribution < 1.29 is 28.9 Å². The molecule has 0 aromatic carbocycles. The summed E-state index contributed by atoms with van der Waals surface area (Å²) in [6.07, 6.45) is -3.78. The Hall–Kier alpha value is -0.130. The number of hydrogen-bond donors (Lipinski definition) is 6. The van der Waals surface area contributed by atoms with E-state index < -0.39 is 32.8 Å². The predicted octanol–water partition coefficient (Wildman–Crippen LogP) is -3.46. The Labute approximate surface area is 122 Å². The summed E-state index contributed by atoms with van der Waals surface area (Å²) >= 11 is 0. The van der Waals surface area contributed by atoms with Crippen LogP contribution in [0, 0.1) is 0 Å². The number of nitrogens with one attached hydrogen (secondary N) is 3. The number of hydrogen-bond acceptors (Lipinski definition) is 9. The number of nitrogens with zero attached hydrogens (tertiary/aromatic N) is 1. The van der Waals surface area contributed by atoms with Crippen LogP contribution < -0.4 is 16.0 Å². The summed E-state index contributed by atoms with van der Waals surface area (Å²) < 4.78 is 20.8. The molecule has 11 heteroatoms. The Morgan fingerprint density at radius 2 is 2.14 bits per heavy atom. The molecule has 0 amide bonds. The van der Waals surface area contributed by atoms with Gasteiger partial charge in [-0.3, -0.25) is 15.2 Å². The van der Waals surface area contributed by atoms with Crippen LogP contribution in [0.3, 0.4) is 0 Å². The molecule has 0 aromatic heterocycles. The Kier molecular flexibility index (Phi) is 4.91. The molecule has 10 nitrogen and oxygen atoms in total. The van der Waals surface area contributed by atoms with Gasteiger partial charge in [0.15, 0.2) is 0 Å². The van der Waals surface area contributed by atoms with Crippen LogP contribution in [-0.4, -0.2) is 83.2 Å². The van der Waals surface area contributed by atoms with Gasteiger partial charge < -0.3 is 29.7 Å². The zero-order valence-corrected chi connectivity index (χ0v) is 12.3. The van der Waals surface area contributed by atoms with Crippen LogP contribution in [0.5, 0.6) is 0 Å². The monoisotopic (exact) mass is 324 g/mol. The van der Waals surface area contributed by atoms with E-state index in [0.717, 1.165) is 6.54 Å². The summed E-state index contributed by atoms with van der Waals surface area (Å²) in [7, 11) is -3.09. The minimum absolute atomic E-state index is 0.00487. The van der Waals surface area contributed by atoms with Crippen LogP contribution in [-0.2, 0) is 13.8 Å². The molecule has 0 aliphatic carbocycles. The fraction of sp³-hybridized carbons (Fsp3) is 1.00. The standard InChI is InChI=1S/C10H21N4O6P/c15-7-6(2-19-21(17)18)20-10(8(7)16)14-4-13-5-1-11-3-12-9(5)14/h5-13,15-16,21H,1-4H2,(H,17,18)/t5?,6-,7-,8-,9?,10-/m1/s1. The van der Waals surface area contributed by atoms with Crippen molar-refractivity contribution in [3.05, 3.63) is 0 Å². The number of aliphatic hydroxyl groups is 2. The molecule has 3 saturated heterocycles. The number of ether oxygens (including phenoxy) is 1. The summed E-state index contributed by atoms with van der Waals surface area (Å²) in [5, 5.41) is 29.9. The van der Waals surface area contributed by atoms with Crippen LogP contribution in [0.4, 0.5) is 0 Å². The predicted molar refractivity (Wildman–Crippen MR) is 71.3 cm³/mol.